The van der Waals surface area contributed by atoms with Crippen LogP contribution in [0, 0.1) is 10.1 Å². The summed E-state index contributed by atoms with van der Waals surface area (Å²) in [5.74, 6) is 0. The molecule has 0 heterocycles. The van der Waals surface area contributed by atoms with E-state index >= 15 is 0 Å². The Morgan fingerprint density at radius 3 is 2.22 bits per heavy atom. The third-order valence-electron chi connectivity index (χ3n) is 2.64. The van der Waals surface area contributed by atoms with E-state index in [0.717, 1.165) is 18.2 Å². The maximum absolute atomic E-state index is 12.4. The molecule has 122 valence electrons. The number of halogens is 4. The van der Waals surface area contributed by atoms with Crippen LogP contribution in [-0.4, -0.2) is 13.3 Å². The van der Waals surface area contributed by atoms with Gasteiger partial charge in [-0.25, -0.2) is 8.42 Å². The quantitative estimate of drug-likeness (QED) is 0.561. The third-order valence-corrected chi connectivity index (χ3v) is 5.23. The second-order valence-corrected chi connectivity index (χ2v) is 7.56. The molecule has 0 saturated carbocycles. The van der Waals surface area contributed by atoms with E-state index in [1.54, 1.807) is 0 Å². The van der Waals surface area contributed by atoms with Gasteiger partial charge in [0.05, 0.1) is 9.95 Å². The minimum atomic E-state index is -4.24. The lowest BCUT2D eigenvalue weighted by atomic mass is 10.3. The lowest BCUT2D eigenvalue weighted by molar-refractivity contribution is -0.383. The van der Waals surface area contributed by atoms with Crippen LogP contribution in [0.3, 0.4) is 0 Å². The molecule has 0 radical (unpaired) electrons. The van der Waals surface area contributed by atoms with Crippen LogP contribution < -0.4 is 4.72 Å². The Bertz CT molecular complexity index is 902. The van der Waals surface area contributed by atoms with Gasteiger partial charge >= 0.3 is 5.69 Å². The second-order valence-electron chi connectivity index (χ2n) is 4.22. The standard InChI is InChI=1S/C12H6Cl4N2O4S/c13-6-1-2-8(15)11(5-6)23(21,22)17-10-4-7(14)3-9(16)12(10)18(19)20/h1-5,17H. The number of rotatable bonds is 4. The molecule has 2 aromatic rings. The van der Waals surface area contributed by atoms with Gasteiger partial charge in [-0.2, -0.15) is 0 Å². The monoisotopic (exact) mass is 414 g/mol. The van der Waals surface area contributed by atoms with E-state index in [1.165, 1.54) is 12.1 Å². The third kappa shape index (κ3) is 3.99. The van der Waals surface area contributed by atoms with E-state index in [2.05, 4.69) is 4.72 Å². The summed E-state index contributed by atoms with van der Waals surface area (Å²) in [7, 11) is -4.24. The fourth-order valence-electron chi connectivity index (χ4n) is 1.71. The van der Waals surface area contributed by atoms with Crippen molar-refractivity contribution in [3.8, 4) is 0 Å². The molecule has 0 saturated heterocycles. The van der Waals surface area contributed by atoms with Crippen LogP contribution in [0.15, 0.2) is 35.2 Å². The molecule has 6 nitrogen and oxygen atoms in total. The Kier molecular flexibility index (Phi) is 5.27. The fourth-order valence-corrected chi connectivity index (χ4v) is 4.10. The summed E-state index contributed by atoms with van der Waals surface area (Å²) in [6.45, 7) is 0. The van der Waals surface area contributed by atoms with Gasteiger partial charge in [-0.15, -0.1) is 0 Å². The molecule has 0 aromatic heterocycles. The van der Waals surface area contributed by atoms with Gasteiger partial charge in [0.2, 0.25) is 0 Å². The van der Waals surface area contributed by atoms with E-state index in [0.29, 0.717) is 0 Å². The SMILES string of the molecule is O=[N+]([O-])c1c(Cl)cc(Cl)cc1NS(=O)(=O)c1cc(Cl)ccc1Cl. The summed E-state index contributed by atoms with van der Waals surface area (Å²) >= 11 is 23.1. The number of sulfonamides is 1. The van der Waals surface area contributed by atoms with Crippen LogP contribution in [-0.2, 0) is 10.0 Å². The van der Waals surface area contributed by atoms with Crippen molar-refractivity contribution in [2.45, 2.75) is 4.90 Å². The van der Waals surface area contributed by atoms with Crippen molar-refractivity contribution >= 4 is 67.8 Å². The second kappa shape index (κ2) is 6.70. The first-order valence-electron chi connectivity index (χ1n) is 5.73. The topological polar surface area (TPSA) is 89.3 Å². The number of anilines is 1. The Morgan fingerprint density at radius 1 is 0.957 bits per heavy atom. The number of nitrogens with one attached hydrogen (secondary N) is 1. The summed E-state index contributed by atoms with van der Waals surface area (Å²) in [5.41, 5.74) is -1.01. The zero-order chi connectivity index (χ0) is 17.4. The number of nitrogens with zero attached hydrogens (tertiary/aromatic N) is 1. The number of benzene rings is 2. The van der Waals surface area contributed by atoms with Crippen LogP contribution in [0.5, 0.6) is 0 Å². The van der Waals surface area contributed by atoms with Gasteiger partial charge in [0.25, 0.3) is 10.0 Å². The molecule has 0 fully saturated rings. The van der Waals surface area contributed by atoms with Crippen LogP contribution >= 0.6 is 46.4 Å². The summed E-state index contributed by atoms with van der Waals surface area (Å²) < 4.78 is 26.9. The molecule has 0 bridgehead atoms. The molecular weight excluding hydrogens is 410 g/mol. The van der Waals surface area contributed by atoms with Crippen molar-refractivity contribution in [2.75, 3.05) is 4.72 Å². The van der Waals surface area contributed by atoms with Crippen LogP contribution in [0.1, 0.15) is 0 Å². The molecular formula is C12H6Cl4N2O4S. The molecule has 0 unspecified atom stereocenters. The van der Waals surface area contributed by atoms with E-state index in [1.807, 2.05) is 0 Å². The lowest BCUT2D eigenvalue weighted by Gasteiger charge is -2.11. The molecule has 11 heteroatoms. The van der Waals surface area contributed by atoms with Gasteiger partial charge in [0, 0.05) is 10.0 Å². The zero-order valence-corrected chi connectivity index (χ0v) is 14.7. The van der Waals surface area contributed by atoms with Gasteiger partial charge in [0.1, 0.15) is 15.6 Å². The van der Waals surface area contributed by atoms with E-state index in [9.17, 15) is 18.5 Å². The van der Waals surface area contributed by atoms with E-state index in [4.69, 9.17) is 46.4 Å². The van der Waals surface area contributed by atoms with Crippen LogP contribution in [0.25, 0.3) is 0 Å². The van der Waals surface area contributed by atoms with Gasteiger partial charge in [-0.05, 0) is 30.3 Å². The fraction of sp³-hybridized carbons (Fsp3) is 0. The molecule has 2 rings (SSSR count). The molecule has 0 aliphatic rings. The molecule has 0 aliphatic carbocycles. The number of nitro benzene ring substituents is 1. The number of nitro groups is 1. The minimum absolute atomic E-state index is 0.0236. The highest BCUT2D eigenvalue weighted by Gasteiger charge is 2.26. The average Bonchev–Trinajstić information content (AvgIpc) is 2.39. The molecule has 0 spiro atoms. The molecule has 0 aliphatic heterocycles. The normalized spacial score (nSPS) is 11.3. The van der Waals surface area contributed by atoms with Gasteiger partial charge in [-0.3, -0.25) is 14.8 Å². The van der Waals surface area contributed by atoms with E-state index in [-0.39, 0.29) is 30.7 Å². The van der Waals surface area contributed by atoms with Crippen LogP contribution in [0.2, 0.25) is 20.1 Å². The Labute approximate surface area is 151 Å². The predicted molar refractivity (Wildman–Crippen MR) is 90.4 cm³/mol. The highest BCUT2D eigenvalue weighted by molar-refractivity contribution is 7.92. The Balaban J connectivity index is 2.58. The molecule has 0 amide bonds. The Hall–Kier alpha value is -1.25. The lowest BCUT2D eigenvalue weighted by Crippen LogP contribution is -2.14. The highest BCUT2D eigenvalue weighted by Crippen LogP contribution is 2.37. The van der Waals surface area contributed by atoms with Gasteiger partial charge in [-0.1, -0.05) is 46.4 Å². The summed E-state index contributed by atoms with van der Waals surface area (Å²) in [5, 5.41) is 10.8. The molecule has 1 N–H and O–H groups in total. The summed E-state index contributed by atoms with van der Waals surface area (Å²) in [6.07, 6.45) is 0. The van der Waals surface area contributed by atoms with Crippen molar-refractivity contribution in [3.63, 3.8) is 0 Å². The molecule has 23 heavy (non-hydrogen) atoms. The number of hydrogen-bond acceptors (Lipinski definition) is 4. The van der Waals surface area contributed by atoms with Crippen molar-refractivity contribution in [3.05, 3.63) is 60.5 Å². The largest absolute Gasteiger partial charge is 0.311 e. The zero-order valence-electron chi connectivity index (χ0n) is 10.9. The maximum Gasteiger partial charge on any atom is 0.311 e. The predicted octanol–water partition coefficient (Wildman–Crippen LogP) is 5.01. The maximum atomic E-state index is 12.4. The van der Waals surface area contributed by atoms with Crippen molar-refractivity contribution in [1.29, 1.82) is 0 Å². The Morgan fingerprint density at radius 2 is 1.61 bits per heavy atom. The summed E-state index contributed by atoms with van der Waals surface area (Å²) in [4.78, 5) is 9.93. The van der Waals surface area contributed by atoms with Gasteiger partial charge in [0.15, 0.2) is 0 Å². The summed E-state index contributed by atoms with van der Waals surface area (Å²) in [6, 6.07) is 6.01. The van der Waals surface area contributed by atoms with E-state index < -0.39 is 20.6 Å². The smallest absolute Gasteiger partial charge is 0.273 e. The van der Waals surface area contributed by atoms with Gasteiger partial charge < -0.3 is 0 Å². The van der Waals surface area contributed by atoms with Crippen molar-refractivity contribution in [1.82, 2.24) is 0 Å². The van der Waals surface area contributed by atoms with Crippen LogP contribution in [0.4, 0.5) is 11.4 Å². The first-order valence-corrected chi connectivity index (χ1v) is 8.72. The first kappa shape index (κ1) is 18.1. The first-order chi connectivity index (χ1) is 10.6. The minimum Gasteiger partial charge on any atom is -0.273 e. The molecule has 2 aromatic carbocycles. The average molecular weight is 416 g/mol. The number of hydrogen-bond donors (Lipinski definition) is 1. The van der Waals surface area contributed by atoms with Crippen molar-refractivity contribution in [2.24, 2.45) is 0 Å². The highest BCUT2D eigenvalue weighted by atomic mass is 35.5. The molecule has 0 atom stereocenters. The van der Waals surface area contributed by atoms with Crippen molar-refractivity contribution < 1.29 is 13.3 Å².